The molecule has 0 saturated carbocycles. The molecular formula is C17H22N4OS. The molecule has 1 aromatic heterocycles. The number of benzene rings is 1. The third-order valence-electron chi connectivity index (χ3n) is 4.14. The van der Waals surface area contributed by atoms with Gasteiger partial charge < -0.3 is 4.90 Å². The molecule has 0 bridgehead atoms. The van der Waals surface area contributed by atoms with Crippen LogP contribution in [-0.4, -0.2) is 43.9 Å². The molecule has 2 heterocycles. The Morgan fingerprint density at radius 1 is 1.13 bits per heavy atom. The van der Waals surface area contributed by atoms with Gasteiger partial charge in [-0.1, -0.05) is 29.5 Å². The number of hydrogen-bond donors (Lipinski definition) is 0. The van der Waals surface area contributed by atoms with Gasteiger partial charge in [0.15, 0.2) is 5.16 Å². The molecule has 1 atom stereocenters. The molecule has 0 N–H and O–H groups in total. The van der Waals surface area contributed by atoms with E-state index in [2.05, 4.69) is 41.4 Å². The van der Waals surface area contributed by atoms with Gasteiger partial charge in [0.25, 0.3) is 0 Å². The van der Waals surface area contributed by atoms with Crippen molar-refractivity contribution in [1.82, 2.24) is 19.7 Å². The zero-order chi connectivity index (χ0) is 16.4. The SMILES string of the molecule is Cc1ccc(-n2c(C)nnc2S[C@@H](C)C(=O)N2CCCC2)cc1. The minimum atomic E-state index is -0.152. The molecule has 1 fully saturated rings. The number of aromatic nitrogens is 3. The van der Waals surface area contributed by atoms with E-state index in [4.69, 9.17) is 0 Å². The van der Waals surface area contributed by atoms with E-state index in [1.54, 1.807) is 0 Å². The molecule has 0 aliphatic carbocycles. The maximum Gasteiger partial charge on any atom is 0.235 e. The van der Waals surface area contributed by atoms with Crippen molar-refractivity contribution in [1.29, 1.82) is 0 Å². The van der Waals surface area contributed by atoms with Gasteiger partial charge in [0.05, 0.1) is 5.25 Å². The van der Waals surface area contributed by atoms with Crippen molar-refractivity contribution >= 4 is 17.7 Å². The van der Waals surface area contributed by atoms with Gasteiger partial charge in [0.2, 0.25) is 5.91 Å². The highest BCUT2D eigenvalue weighted by atomic mass is 32.2. The van der Waals surface area contributed by atoms with Crippen LogP contribution in [0, 0.1) is 13.8 Å². The first-order valence-corrected chi connectivity index (χ1v) is 8.89. The van der Waals surface area contributed by atoms with Crippen molar-refractivity contribution in [2.24, 2.45) is 0 Å². The number of likely N-dealkylation sites (tertiary alicyclic amines) is 1. The number of nitrogens with zero attached hydrogens (tertiary/aromatic N) is 4. The average Bonchev–Trinajstić information content (AvgIpc) is 3.18. The van der Waals surface area contributed by atoms with Crippen molar-refractivity contribution in [2.75, 3.05) is 13.1 Å². The van der Waals surface area contributed by atoms with Crippen LogP contribution in [0.2, 0.25) is 0 Å². The van der Waals surface area contributed by atoms with Crippen LogP contribution in [0.15, 0.2) is 29.4 Å². The highest BCUT2D eigenvalue weighted by molar-refractivity contribution is 8.00. The molecule has 1 saturated heterocycles. The smallest absolute Gasteiger partial charge is 0.235 e. The van der Waals surface area contributed by atoms with E-state index < -0.39 is 0 Å². The molecule has 5 nitrogen and oxygen atoms in total. The van der Waals surface area contributed by atoms with E-state index in [0.717, 1.165) is 42.6 Å². The van der Waals surface area contributed by atoms with Gasteiger partial charge in [0.1, 0.15) is 5.82 Å². The third-order valence-corrected chi connectivity index (χ3v) is 5.17. The molecule has 0 radical (unpaired) electrons. The minimum absolute atomic E-state index is 0.152. The molecule has 1 aliphatic rings. The first-order valence-electron chi connectivity index (χ1n) is 8.01. The van der Waals surface area contributed by atoms with E-state index in [1.807, 2.05) is 23.3 Å². The summed E-state index contributed by atoms with van der Waals surface area (Å²) in [5.74, 6) is 1.03. The fraction of sp³-hybridized carbons (Fsp3) is 0.471. The van der Waals surface area contributed by atoms with E-state index in [9.17, 15) is 4.79 Å². The van der Waals surface area contributed by atoms with Gasteiger partial charge in [0, 0.05) is 18.8 Å². The van der Waals surface area contributed by atoms with Crippen molar-refractivity contribution in [3.63, 3.8) is 0 Å². The molecule has 3 rings (SSSR count). The highest BCUT2D eigenvalue weighted by Gasteiger charge is 2.26. The summed E-state index contributed by atoms with van der Waals surface area (Å²) in [7, 11) is 0. The van der Waals surface area contributed by atoms with E-state index in [-0.39, 0.29) is 11.2 Å². The predicted molar refractivity (Wildman–Crippen MR) is 92.0 cm³/mol. The topological polar surface area (TPSA) is 51.0 Å². The molecule has 1 aliphatic heterocycles. The minimum Gasteiger partial charge on any atom is -0.342 e. The van der Waals surface area contributed by atoms with Crippen LogP contribution in [0.25, 0.3) is 5.69 Å². The van der Waals surface area contributed by atoms with Crippen LogP contribution in [0.5, 0.6) is 0 Å². The fourth-order valence-corrected chi connectivity index (χ4v) is 3.81. The van der Waals surface area contributed by atoms with Crippen LogP contribution < -0.4 is 0 Å². The Kier molecular flexibility index (Phi) is 4.71. The van der Waals surface area contributed by atoms with Crippen molar-refractivity contribution in [3.05, 3.63) is 35.7 Å². The van der Waals surface area contributed by atoms with Gasteiger partial charge in [-0.25, -0.2) is 0 Å². The lowest BCUT2D eigenvalue weighted by Gasteiger charge is -2.19. The van der Waals surface area contributed by atoms with Gasteiger partial charge in [-0.05, 0) is 45.7 Å². The number of thioether (sulfide) groups is 1. The summed E-state index contributed by atoms with van der Waals surface area (Å²) < 4.78 is 2.01. The monoisotopic (exact) mass is 330 g/mol. The maximum absolute atomic E-state index is 12.5. The number of rotatable bonds is 4. The molecule has 1 aromatic carbocycles. The zero-order valence-electron chi connectivity index (χ0n) is 13.8. The van der Waals surface area contributed by atoms with E-state index in [0.29, 0.717) is 0 Å². The van der Waals surface area contributed by atoms with Gasteiger partial charge in [-0.15, -0.1) is 10.2 Å². The van der Waals surface area contributed by atoms with Crippen molar-refractivity contribution in [2.45, 2.75) is 44.0 Å². The first-order chi connectivity index (χ1) is 11.1. The summed E-state index contributed by atoms with van der Waals surface area (Å²) in [4.78, 5) is 14.5. The predicted octanol–water partition coefficient (Wildman–Crippen LogP) is 2.99. The average molecular weight is 330 g/mol. The molecule has 23 heavy (non-hydrogen) atoms. The quantitative estimate of drug-likeness (QED) is 0.809. The fourth-order valence-electron chi connectivity index (χ4n) is 2.81. The van der Waals surface area contributed by atoms with Crippen LogP contribution in [0.1, 0.15) is 31.2 Å². The van der Waals surface area contributed by atoms with Gasteiger partial charge in [-0.2, -0.15) is 0 Å². The van der Waals surface area contributed by atoms with Crippen LogP contribution in [0.4, 0.5) is 0 Å². The highest BCUT2D eigenvalue weighted by Crippen LogP contribution is 2.27. The molecule has 1 amide bonds. The number of hydrogen-bond acceptors (Lipinski definition) is 4. The second-order valence-corrected chi connectivity index (χ2v) is 7.30. The molecule has 122 valence electrons. The molecular weight excluding hydrogens is 308 g/mol. The molecule has 0 spiro atoms. The Balaban J connectivity index is 1.80. The first kappa shape index (κ1) is 16.1. The summed E-state index contributed by atoms with van der Waals surface area (Å²) in [5, 5.41) is 9.08. The lowest BCUT2D eigenvalue weighted by molar-refractivity contribution is -0.129. The maximum atomic E-state index is 12.5. The van der Waals surface area contributed by atoms with Crippen LogP contribution in [0.3, 0.4) is 0 Å². The molecule has 6 heteroatoms. The molecule has 0 unspecified atom stereocenters. The number of carbonyl (C=O) groups is 1. The number of aryl methyl sites for hydroxylation is 2. The van der Waals surface area contributed by atoms with E-state index in [1.165, 1.54) is 17.3 Å². The number of carbonyl (C=O) groups excluding carboxylic acids is 1. The van der Waals surface area contributed by atoms with Gasteiger partial charge >= 0.3 is 0 Å². The Hall–Kier alpha value is -1.82. The summed E-state index contributed by atoms with van der Waals surface area (Å²) in [6.07, 6.45) is 2.23. The Bertz CT molecular complexity index is 689. The Morgan fingerprint density at radius 2 is 1.78 bits per heavy atom. The normalized spacial score (nSPS) is 15.9. The third kappa shape index (κ3) is 3.42. The number of amides is 1. The van der Waals surface area contributed by atoms with Crippen molar-refractivity contribution in [3.8, 4) is 5.69 Å². The van der Waals surface area contributed by atoms with Crippen molar-refractivity contribution < 1.29 is 4.79 Å². The largest absolute Gasteiger partial charge is 0.342 e. The Labute approximate surface area is 141 Å². The zero-order valence-corrected chi connectivity index (χ0v) is 14.6. The van der Waals surface area contributed by atoms with Crippen LogP contribution in [-0.2, 0) is 4.79 Å². The lowest BCUT2D eigenvalue weighted by Crippen LogP contribution is -2.34. The van der Waals surface area contributed by atoms with E-state index >= 15 is 0 Å². The lowest BCUT2D eigenvalue weighted by atomic mass is 10.2. The molecule has 2 aromatic rings. The summed E-state index contributed by atoms with van der Waals surface area (Å²) in [6, 6.07) is 8.26. The second-order valence-electron chi connectivity index (χ2n) is 5.99. The summed E-state index contributed by atoms with van der Waals surface area (Å²) in [5.41, 5.74) is 2.24. The summed E-state index contributed by atoms with van der Waals surface area (Å²) in [6.45, 7) is 7.72. The Morgan fingerprint density at radius 3 is 2.43 bits per heavy atom. The standard InChI is InChI=1S/C17H22N4OS/c1-12-6-8-15(9-7-12)21-14(3)18-19-17(21)23-13(2)16(22)20-10-4-5-11-20/h6-9,13H,4-5,10-11H2,1-3H3/t13-/m0/s1. The second kappa shape index (κ2) is 6.74. The van der Waals surface area contributed by atoms with Gasteiger partial charge in [-0.3, -0.25) is 9.36 Å². The van der Waals surface area contributed by atoms with Crippen LogP contribution >= 0.6 is 11.8 Å². The summed E-state index contributed by atoms with van der Waals surface area (Å²) >= 11 is 1.48.